The van der Waals surface area contributed by atoms with E-state index in [1.165, 1.54) is 21.5 Å². The van der Waals surface area contributed by atoms with Gasteiger partial charge in [0, 0.05) is 38.1 Å². The molecule has 0 spiro atoms. The Bertz CT molecular complexity index is 3220. The molecule has 1 unspecified atom stereocenters. The lowest BCUT2D eigenvalue weighted by Gasteiger charge is -2.25. The van der Waals surface area contributed by atoms with Crippen molar-refractivity contribution < 1.29 is 9.15 Å². The van der Waals surface area contributed by atoms with Gasteiger partial charge in [-0.05, 0) is 63.3 Å². The number of nitrogens with one attached hydrogen (secondary N) is 1. The Labute approximate surface area is 291 Å². The van der Waals surface area contributed by atoms with Gasteiger partial charge in [-0.1, -0.05) is 115 Å². The third-order valence-electron chi connectivity index (χ3n) is 10.8. The van der Waals surface area contributed by atoms with Crippen molar-refractivity contribution >= 4 is 87.7 Å². The first-order valence-corrected chi connectivity index (χ1v) is 17.3. The number of aromatic nitrogens is 1. The molecule has 4 heterocycles. The van der Waals surface area contributed by atoms with Crippen molar-refractivity contribution in [3.05, 3.63) is 169 Å². The highest BCUT2D eigenvalue weighted by molar-refractivity contribution is 6.24. The van der Waals surface area contributed by atoms with Crippen LogP contribution in [-0.2, 0) is 0 Å². The van der Waals surface area contributed by atoms with Crippen LogP contribution in [0.3, 0.4) is 0 Å². The summed E-state index contributed by atoms with van der Waals surface area (Å²) in [5.41, 5.74) is 6.89. The van der Waals surface area contributed by atoms with Crippen LogP contribution in [0.2, 0.25) is 0 Å². The Morgan fingerprint density at radius 2 is 1.27 bits per heavy atom. The molecule has 5 nitrogen and oxygen atoms in total. The van der Waals surface area contributed by atoms with E-state index in [0.717, 1.165) is 88.8 Å². The first-order chi connectivity index (χ1) is 25.3. The minimum absolute atomic E-state index is 0.222. The lowest BCUT2D eigenvalue weighted by Crippen LogP contribution is -2.37. The highest BCUT2D eigenvalue weighted by Crippen LogP contribution is 2.48. The molecule has 12 rings (SSSR count). The fourth-order valence-corrected chi connectivity index (χ4v) is 8.46. The van der Waals surface area contributed by atoms with E-state index in [2.05, 4.69) is 149 Å². The minimum Gasteiger partial charge on any atom is -0.456 e. The standard InChI is InChI=1S/C46H27N3O2/c1-2-11-28-23-30(18-17-26(28)9-1)42-45-43(34-21-19-27-10-3-4-12-31(27)44(34)51-45)48-46(47-42)49-37-15-7-5-13-32(37)36-24-29-20-22-40-41(35(29)25-38(36)49)33-14-6-8-16-39(33)50-40/h1-25,43H,(H,47,48). The monoisotopic (exact) mass is 653 g/mol. The van der Waals surface area contributed by atoms with Crippen LogP contribution in [0.25, 0.3) is 81.8 Å². The van der Waals surface area contributed by atoms with Crippen LogP contribution in [0.1, 0.15) is 17.2 Å². The summed E-state index contributed by atoms with van der Waals surface area (Å²) in [5.74, 6) is 2.46. The molecule has 8 aromatic carbocycles. The molecule has 2 aromatic heterocycles. The first-order valence-electron chi connectivity index (χ1n) is 17.3. The van der Waals surface area contributed by atoms with Gasteiger partial charge in [0.05, 0.1) is 11.0 Å². The average molecular weight is 654 g/mol. The molecule has 10 aromatic rings. The lowest BCUT2D eigenvalue weighted by molar-refractivity contribution is 0.423. The van der Waals surface area contributed by atoms with Crippen molar-refractivity contribution in [2.75, 3.05) is 0 Å². The average Bonchev–Trinajstić information content (AvgIpc) is 3.86. The maximum absolute atomic E-state index is 6.87. The molecule has 0 fully saturated rings. The summed E-state index contributed by atoms with van der Waals surface area (Å²) in [6, 6.07) is 53.4. The van der Waals surface area contributed by atoms with E-state index in [1.54, 1.807) is 0 Å². The molecule has 51 heavy (non-hydrogen) atoms. The van der Waals surface area contributed by atoms with E-state index < -0.39 is 0 Å². The Morgan fingerprint density at radius 1 is 0.529 bits per heavy atom. The number of nitrogens with zero attached hydrogens (tertiary/aromatic N) is 2. The van der Waals surface area contributed by atoms with Crippen molar-refractivity contribution in [1.82, 2.24) is 9.88 Å². The molecule has 0 radical (unpaired) electrons. The normalized spacial score (nSPS) is 15.6. The van der Waals surface area contributed by atoms with E-state index >= 15 is 0 Å². The van der Waals surface area contributed by atoms with Gasteiger partial charge in [-0.25, -0.2) is 4.99 Å². The number of hydrogen-bond acceptors (Lipinski definition) is 4. The predicted molar refractivity (Wildman–Crippen MR) is 208 cm³/mol. The Balaban J connectivity index is 1.16. The van der Waals surface area contributed by atoms with Crippen molar-refractivity contribution in [2.24, 2.45) is 4.99 Å². The minimum atomic E-state index is -0.222. The number of aliphatic imine (C=N–C) groups is 1. The van der Waals surface area contributed by atoms with Crippen LogP contribution in [0.15, 0.2) is 167 Å². The molecule has 238 valence electrons. The summed E-state index contributed by atoms with van der Waals surface area (Å²) in [7, 11) is 0. The summed E-state index contributed by atoms with van der Waals surface area (Å²) >= 11 is 0. The van der Waals surface area contributed by atoms with Crippen LogP contribution in [0, 0.1) is 0 Å². The van der Waals surface area contributed by atoms with E-state index in [0.29, 0.717) is 0 Å². The van der Waals surface area contributed by atoms with E-state index in [-0.39, 0.29) is 6.04 Å². The van der Waals surface area contributed by atoms with Gasteiger partial charge in [-0.2, -0.15) is 0 Å². The van der Waals surface area contributed by atoms with Crippen molar-refractivity contribution in [2.45, 2.75) is 6.04 Å². The van der Waals surface area contributed by atoms with Gasteiger partial charge in [-0.15, -0.1) is 0 Å². The fourth-order valence-electron chi connectivity index (χ4n) is 8.46. The Morgan fingerprint density at radius 3 is 2.20 bits per heavy atom. The smallest absolute Gasteiger partial charge is 0.209 e. The number of hydrogen-bond donors (Lipinski definition) is 1. The number of para-hydroxylation sites is 2. The zero-order valence-electron chi connectivity index (χ0n) is 27.2. The van der Waals surface area contributed by atoms with Crippen LogP contribution in [0.5, 0.6) is 5.75 Å². The predicted octanol–water partition coefficient (Wildman–Crippen LogP) is 11.5. The van der Waals surface area contributed by atoms with Crippen LogP contribution >= 0.6 is 0 Å². The second kappa shape index (κ2) is 9.87. The van der Waals surface area contributed by atoms with Gasteiger partial charge in [0.15, 0.2) is 5.76 Å². The van der Waals surface area contributed by atoms with E-state index in [4.69, 9.17) is 14.1 Å². The SMILES string of the molecule is c1ccc2cc(C3=C4Oc5c(ccc6ccccc56)C4NC(n4c5ccccc5c5cc6ccc7oc8ccccc8c7c6cc54)=N3)ccc2c1. The van der Waals surface area contributed by atoms with Gasteiger partial charge in [0.25, 0.3) is 0 Å². The number of rotatable bonds is 1. The molecular formula is C46H27N3O2. The van der Waals surface area contributed by atoms with Gasteiger partial charge in [-0.3, -0.25) is 4.57 Å². The van der Waals surface area contributed by atoms with Gasteiger partial charge >= 0.3 is 0 Å². The van der Waals surface area contributed by atoms with E-state index in [9.17, 15) is 0 Å². The molecular weight excluding hydrogens is 627 g/mol. The van der Waals surface area contributed by atoms with Crippen LogP contribution < -0.4 is 10.1 Å². The summed E-state index contributed by atoms with van der Waals surface area (Å²) in [6.45, 7) is 0. The highest BCUT2D eigenvalue weighted by Gasteiger charge is 2.38. The number of fused-ring (bicyclic) bond motifs is 14. The molecule has 0 amide bonds. The van der Waals surface area contributed by atoms with Crippen molar-refractivity contribution in [3.63, 3.8) is 0 Å². The zero-order chi connectivity index (χ0) is 33.2. The number of furan rings is 1. The maximum Gasteiger partial charge on any atom is 0.209 e. The maximum atomic E-state index is 6.87. The van der Waals surface area contributed by atoms with Crippen molar-refractivity contribution in [3.8, 4) is 5.75 Å². The number of ether oxygens (including phenoxy) is 1. The fraction of sp³-hybridized carbons (Fsp3) is 0.0217. The first kappa shape index (κ1) is 27.0. The highest BCUT2D eigenvalue weighted by atomic mass is 16.5. The quantitative estimate of drug-likeness (QED) is 0.192. The largest absolute Gasteiger partial charge is 0.456 e. The summed E-state index contributed by atoms with van der Waals surface area (Å²) in [4.78, 5) is 5.49. The molecule has 0 saturated heterocycles. The third kappa shape index (κ3) is 3.72. The van der Waals surface area contributed by atoms with Crippen molar-refractivity contribution in [1.29, 1.82) is 0 Å². The van der Waals surface area contributed by atoms with Crippen LogP contribution in [-0.4, -0.2) is 10.5 Å². The number of benzene rings is 8. The van der Waals surface area contributed by atoms with E-state index in [1.807, 2.05) is 12.1 Å². The second-order valence-electron chi connectivity index (χ2n) is 13.6. The topological polar surface area (TPSA) is 51.7 Å². The Kier molecular flexibility index (Phi) is 5.23. The van der Waals surface area contributed by atoms with Gasteiger partial charge in [0.2, 0.25) is 5.96 Å². The second-order valence-corrected chi connectivity index (χ2v) is 13.6. The molecule has 0 aliphatic carbocycles. The molecule has 0 saturated carbocycles. The van der Waals surface area contributed by atoms with Crippen LogP contribution in [0.4, 0.5) is 0 Å². The van der Waals surface area contributed by atoms with Gasteiger partial charge < -0.3 is 14.5 Å². The summed E-state index contributed by atoms with van der Waals surface area (Å²) < 4.78 is 15.5. The Hall–Kier alpha value is -6.85. The molecule has 2 aliphatic heterocycles. The van der Waals surface area contributed by atoms with Gasteiger partial charge in [0.1, 0.15) is 28.7 Å². The molecule has 5 heteroatoms. The molecule has 1 N–H and O–H groups in total. The summed E-state index contributed by atoms with van der Waals surface area (Å²) in [5, 5.41) is 15.4. The third-order valence-corrected chi connectivity index (χ3v) is 10.8. The molecule has 1 atom stereocenters. The summed E-state index contributed by atoms with van der Waals surface area (Å²) in [6.07, 6.45) is 0. The molecule has 2 aliphatic rings. The lowest BCUT2D eigenvalue weighted by atomic mass is 9.98. The molecule has 0 bridgehead atoms. The zero-order valence-corrected chi connectivity index (χ0v) is 27.2.